The van der Waals surface area contributed by atoms with Gasteiger partial charge in [-0.2, -0.15) is 0 Å². The molecular weight excluding hydrogens is 233 g/mol. The minimum atomic E-state index is -0.186. The van der Waals surface area contributed by atoms with E-state index in [1.807, 2.05) is 6.07 Å². The van der Waals surface area contributed by atoms with Crippen molar-refractivity contribution in [3.63, 3.8) is 0 Å². The predicted octanol–water partition coefficient (Wildman–Crippen LogP) is 3.01. The lowest BCUT2D eigenvalue weighted by atomic mass is 10.1. The van der Waals surface area contributed by atoms with Gasteiger partial charge >= 0.3 is 0 Å². The SMILES string of the molecule is Fc1ccc([C@@H]2CCCN2)c(Br)c1. The molecule has 13 heavy (non-hydrogen) atoms. The molecule has 1 N–H and O–H groups in total. The molecule has 1 nitrogen and oxygen atoms in total. The summed E-state index contributed by atoms with van der Waals surface area (Å²) in [5.41, 5.74) is 1.17. The maximum Gasteiger partial charge on any atom is 0.124 e. The van der Waals surface area contributed by atoms with Gasteiger partial charge in [0.25, 0.3) is 0 Å². The van der Waals surface area contributed by atoms with Gasteiger partial charge in [-0.1, -0.05) is 22.0 Å². The Morgan fingerprint density at radius 1 is 1.46 bits per heavy atom. The average molecular weight is 244 g/mol. The molecule has 1 heterocycles. The van der Waals surface area contributed by atoms with Crippen molar-refractivity contribution < 1.29 is 4.39 Å². The lowest BCUT2D eigenvalue weighted by Crippen LogP contribution is -2.13. The van der Waals surface area contributed by atoms with Crippen molar-refractivity contribution in [2.24, 2.45) is 0 Å². The summed E-state index contributed by atoms with van der Waals surface area (Å²) in [6.45, 7) is 1.06. The highest BCUT2D eigenvalue weighted by Gasteiger charge is 2.18. The lowest BCUT2D eigenvalue weighted by Gasteiger charge is -2.12. The van der Waals surface area contributed by atoms with E-state index < -0.39 is 0 Å². The molecule has 1 aromatic rings. The minimum absolute atomic E-state index is 0.186. The Kier molecular flexibility index (Phi) is 2.65. The van der Waals surface area contributed by atoms with E-state index in [0.29, 0.717) is 6.04 Å². The molecule has 1 aromatic carbocycles. The van der Waals surface area contributed by atoms with Crippen LogP contribution in [0.3, 0.4) is 0 Å². The van der Waals surface area contributed by atoms with Gasteiger partial charge in [-0.15, -0.1) is 0 Å². The van der Waals surface area contributed by atoms with Crippen molar-refractivity contribution in [3.8, 4) is 0 Å². The molecule has 1 atom stereocenters. The van der Waals surface area contributed by atoms with Crippen LogP contribution in [0.2, 0.25) is 0 Å². The summed E-state index contributed by atoms with van der Waals surface area (Å²) in [5, 5.41) is 3.38. The molecule has 1 aliphatic heterocycles. The molecule has 1 saturated heterocycles. The van der Waals surface area contributed by atoms with E-state index in [1.54, 1.807) is 0 Å². The first-order valence-electron chi connectivity index (χ1n) is 4.46. The Morgan fingerprint density at radius 2 is 2.31 bits per heavy atom. The van der Waals surface area contributed by atoms with Crippen LogP contribution in [-0.4, -0.2) is 6.54 Å². The van der Waals surface area contributed by atoms with Crippen LogP contribution in [0.25, 0.3) is 0 Å². The molecule has 70 valence electrons. The highest BCUT2D eigenvalue weighted by molar-refractivity contribution is 9.10. The van der Waals surface area contributed by atoms with E-state index in [2.05, 4.69) is 21.2 Å². The van der Waals surface area contributed by atoms with Crippen LogP contribution in [0.4, 0.5) is 4.39 Å². The van der Waals surface area contributed by atoms with Gasteiger partial charge in [0.2, 0.25) is 0 Å². The summed E-state index contributed by atoms with van der Waals surface area (Å²) in [6.07, 6.45) is 2.35. The Labute approximate surface area is 85.5 Å². The van der Waals surface area contributed by atoms with Gasteiger partial charge in [0.05, 0.1) is 0 Å². The molecule has 1 aliphatic rings. The van der Waals surface area contributed by atoms with Gasteiger partial charge < -0.3 is 5.32 Å². The fraction of sp³-hybridized carbons (Fsp3) is 0.400. The van der Waals surface area contributed by atoms with E-state index in [0.717, 1.165) is 17.4 Å². The number of rotatable bonds is 1. The van der Waals surface area contributed by atoms with E-state index in [-0.39, 0.29) is 5.82 Å². The normalized spacial score (nSPS) is 22.2. The van der Waals surface area contributed by atoms with Crippen molar-refractivity contribution in [2.45, 2.75) is 18.9 Å². The lowest BCUT2D eigenvalue weighted by molar-refractivity contribution is 0.615. The van der Waals surface area contributed by atoms with E-state index >= 15 is 0 Å². The highest BCUT2D eigenvalue weighted by Crippen LogP contribution is 2.29. The molecule has 0 unspecified atom stereocenters. The summed E-state index contributed by atoms with van der Waals surface area (Å²) in [5.74, 6) is -0.186. The summed E-state index contributed by atoms with van der Waals surface area (Å²) in [4.78, 5) is 0. The Balaban J connectivity index is 2.29. The van der Waals surface area contributed by atoms with Crippen LogP contribution in [0.5, 0.6) is 0 Å². The summed E-state index contributed by atoms with van der Waals surface area (Å²) in [7, 11) is 0. The zero-order valence-electron chi connectivity index (χ0n) is 7.19. The summed E-state index contributed by atoms with van der Waals surface area (Å²) >= 11 is 3.38. The molecule has 0 aromatic heterocycles. The molecule has 0 saturated carbocycles. The van der Waals surface area contributed by atoms with Gasteiger partial charge in [-0.05, 0) is 37.1 Å². The first kappa shape index (κ1) is 9.16. The highest BCUT2D eigenvalue weighted by atomic mass is 79.9. The fourth-order valence-electron chi connectivity index (χ4n) is 1.73. The Morgan fingerprint density at radius 3 is 2.92 bits per heavy atom. The molecule has 0 bridgehead atoms. The van der Waals surface area contributed by atoms with Gasteiger partial charge in [0.1, 0.15) is 5.82 Å². The van der Waals surface area contributed by atoms with Crippen LogP contribution in [-0.2, 0) is 0 Å². The van der Waals surface area contributed by atoms with Gasteiger partial charge in [0, 0.05) is 10.5 Å². The molecule has 3 heteroatoms. The molecule has 1 fully saturated rings. The second-order valence-corrected chi connectivity index (χ2v) is 4.17. The third-order valence-electron chi connectivity index (χ3n) is 2.40. The molecule has 0 aliphatic carbocycles. The third kappa shape index (κ3) is 1.92. The number of hydrogen-bond acceptors (Lipinski definition) is 1. The van der Waals surface area contributed by atoms with E-state index in [1.165, 1.54) is 24.1 Å². The summed E-state index contributed by atoms with van der Waals surface area (Å²) < 4.78 is 13.7. The quantitative estimate of drug-likeness (QED) is 0.800. The van der Waals surface area contributed by atoms with Crippen LogP contribution < -0.4 is 5.32 Å². The maximum atomic E-state index is 12.8. The second kappa shape index (κ2) is 3.76. The zero-order chi connectivity index (χ0) is 9.26. The van der Waals surface area contributed by atoms with Crippen molar-refractivity contribution in [3.05, 3.63) is 34.1 Å². The standard InChI is InChI=1S/C10H11BrFN/c11-9-6-7(12)3-4-8(9)10-2-1-5-13-10/h3-4,6,10,13H,1-2,5H2/t10-/m0/s1. The third-order valence-corrected chi connectivity index (χ3v) is 3.08. The van der Waals surface area contributed by atoms with Gasteiger partial charge in [-0.25, -0.2) is 4.39 Å². The number of halogens is 2. The van der Waals surface area contributed by atoms with Crippen molar-refractivity contribution in [1.29, 1.82) is 0 Å². The number of nitrogens with one attached hydrogen (secondary N) is 1. The Hall–Kier alpha value is -0.410. The van der Waals surface area contributed by atoms with Crippen LogP contribution in [0.1, 0.15) is 24.4 Å². The summed E-state index contributed by atoms with van der Waals surface area (Å²) in [6, 6.07) is 5.28. The fourth-order valence-corrected chi connectivity index (χ4v) is 2.36. The van der Waals surface area contributed by atoms with Gasteiger partial charge in [0.15, 0.2) is 0 Å². The first-order valence-corrected chi connectivity index (χ1v) is 5.25. The van der Waals surface area contributed by atoms with Gasteiger partial charge in [-0.3, -0.25) is 0 Å². The van der Waals surface area contributed by atoms with E-state index in [9.17, 15) is 4.39 Å². The van der Waals surface area contributed by atoms with Crippen molar-refractivity contribution >= 4 is 15.9 Å². The number of benzene rings is 1. The number of hydrogen-bond donors (Lipinski definition) is 1. The first-order chi connectivity index (χ1) is 6.27. The zero-order valence-corrected chi connectivity index (χ0v) is 8.77. The molecule has 0 radical (unpaired) electrons. The van der Waals surface area contributed by atoms with E-state index in [4.69, 9.17) is 0 Å². The average Bonchev–Trinajstić information content (AvgIpc) is 2.56. The van der Waals surface area contributed by atoms with Crippen molar-refractivity contribution in [2.75, 3.05) is 6.54 Å². The van der Waals surface area contributed by atoms with Crippen LogP contribution in [0.15, 0.2) is 22.7 Å². The molecule has 2 rings (SSSR count). The predicted molar refractivity (Wildman–Crippen MR) is 54.1 cm³/mol. The Bertz CT molecular complexity index is 308. The monoisotopic (exact) mass is 243 g/mol. The smallest absolute Gasteiger partial charge is 0.124 e. The van der Waals surface area contributed by atoms with Crippen LogP contribution >= 0.6 is 15.9 Å². The second-order valence-electron chi connectivity index (χ2n) is 3.31. The molecule has 0 spiro atoms. The molecule has 0 amide bonds. The van der Waals surface area contributed by atoms with Crippen molar-refractivity contribution in [1.82, 2.24) is 5.32 Å². The maximum absolute atomic E-state index is 12.8. The molecular formula is C10H11BrFN. The van der Waals surface area contributed by atoms with Crippen LogP contribution in [0, 0.1) is 5.82 Å². The largest absolute Gasteiger partial charge is 0.310 e. The minimum Gasteiger partial charge on any atom is -0.310 e. The topological polar surface area (TPSA) is 12.0 Å².